The molecule has 5 heteroatoms. The van der Waals surface area contributed by atoms with Crippen LogP contribution in [0, 0.1) is 5.41 Å². The average molecular weight is 217 g/mol. The third kappa shape index (κ3) is 1.63. The number of imidazole rings is 1. The second-order valence-corrected chi connectivity index (χ2v) is 3.19. The Labute approximate surface area is 92.2 Å². The van der Waals surface area contributed by atoms with Gasteiger partial charge in [-0.05, 0) is 12.1 Å². The topological polar surface area (TPSA) is 75.0 Å². The first kappa shape index (κ1) is 10.2. The van der Waals surface area contributed by atoms with Crippen molar-refractivity contribution in [2.24, 2.45) is 0 Å². The first-order valence-electron chi connectivity index (χ1n) is 4.71. The molecular formula is C11H11N3O2. The summed E-state index contributed by atoms with van der Waals surface area (Å²) < 4.78 is 6.52. The summed E-state index contributed by atoms with van der Waals surface area (Å²) in [6, 6.07) is 3.57. The van der Waals surface area contributed by atoms with Crippen molar-refractivity contribution in [2.75, 3.05) is 0 Å². The Hall–Kier alpha value is -2.30. The number of nitrogens with zero attached hydrogens (tertiary/aromatic N) is 2. The van der Waals surface area contributed by atoms with Crippen LogP contribution in [0.25, 0.3) is 6.20 Å². The van der Waals surface area contributed by atoms with Gasteiger partial charge in [-0.25, -0.2) is 4.98 Å². The number of aromatic hydroxyl groups is 1. The van der Waals surface area contributed by atoms with E-state index in [1.807, 2.05) is 0 Å². The maximum atomic E-state index is 9.82. The van der Waals surface area contributed by atoms with Crippen molar-refractivity contribution in [3.8, 4) is 5.88 Å². The third-order valence-corrected chi connectivity index (χ3v) is 2.22. The van der Waals surface area contributed by atoms with E-state index in [2.05, 4.69) is 11.6 Å². The second kappa shape index (κ2) is 4.06. The highest BCUT2D eigenvalue weighted by Gasteiger charge is 2.14. The van der Waals surface area contributed by atoms with Crippen LogP contribution in [0.2, 0.25) is 0 Å². The molecule has 2 aromatic rings. The summed E-state index contributed by atoms with van der Waals surface area (Å²) in [7, 11) is 0. The van der Waals surface area contributed by atoms with Crippen molar-refractivity contribution >= 4 is 12.4 Å². The van der Waals surface area contributed by atoms with Gasteiger partial charge in [-0.15, -0.1) is 0 Å². The fraction of sp³-hybridized carbons (Fsp3) is 0.0909. The van der Waals surface area contributed by atoms with Crippen molar-refractivity contribution in [3.63, 3.8) is 0 Å². The molecule has 2 rings (SSSR count). The molecule has 0 saturated heterocycles. The SMILES string of the molecule is C=Cn1c(C=N)nc(Cc2ccco2)c1O. The van der Waals surface area contributed by atoms with Crippen LogP contribution in [-0.4, -0.2) is 20.9 Å². The van der Waals surface area contributed by atoms with Gasteiger partial charge in [0.2, 0.25) is 5.88 Å². The van der Waals surface area contributed by atoms with Gasteiger partial charge in [-0.1, -0.05) is 6.58 Å². The van der Waals surface area contributed by atoms with Crippen LogP contribution in [0.3, 0.4) is 0 Å². The molecule has 0 aliphatic heterocycles. The fourth-order valence-electron chi connectivity index (χ4n) is 1.47. The molecule has 0 aliphatic carbocycles. The van der Waals surface area contributed by atoms with E-state index in [1.165, 1.54) is 10.8 Å². The Morgan fingerprint density at radius 1 is 1.62 bits per heavy atom. The van der Waals surface area contributed by atoms with Crippen LogP contribution in [0.15, 0.2) is 29.4 Å². The van der Waals surface area contributed by atoms with Gasteiger partial charge in [0.05, 0.1) is 18.9 Å². The molecule has 2 N–H and O–H groups in total. The lowest BCUT2D eigenvalue weighted by atomic mass is 10.2. The average Bonchev–Trinajstić information content (AvgIpc) is 2.88. The highest BCUT2D eigenvalue weighted by Crippen LogP contribution is 2.21. The van der Waals surface area contributed by atoms with E-state index < -0.39 is 0 Å². The van der Waals surface area contributed by atoms with Gasteiger partial charge in [0.1, 0.15) is 11.5 Å². The molecule has 2 aromatic heterocycles. The first-order chi connectivity index (χ1) is 7.76. The number of hydrogen-bond donors (Lipinski definition) is 2. The van der Waals surface area contributed by atoms with Crippen molar-refractivity contribution in [1.29, 1.82) is 5.41 Å². The zero-order chi connectivity index (χ0) is 11.5. The molecule has 0 unspecified atom stereocenters. The molecule has 0 atom stereocenters. The van der Waals surface area contributed by atoms with Crippen molar-refractivity contribution in [2.45, 2.75) is 6.42 Å². The number of hydrogen-bond acceptors (Lipinski definition) is 4. The molecule has 5 nitrogen and oxygen atoms in total. The molecule has 0 fully saturated rings. The van der Waals surface area contributed by atoms with Crippen LogP contribution in [0.1, 0.15) is 17.3 Å². The van der Waals surface area contributed by atoms with Gasteiger partial charge in [-0.3, -0.25) is 4.57 Å². The lowest BCUT2D eigenvalue weighted by molar-refractivity contribution is 0.436. The molecule has 0 bridgehead atoms. The Balaban J connectivity index is 2.38. The number of furan rings is 1. The van der Waals surface area contributed by atoms with E-state index in [1.54, 1.807) is 18.4 Å². The van der Waals surface area contributed by atoms with E-state index >= 15 is 0 Å². The Morgan fingerprint density at radius 2 is 2.44 bits per heavy atom. The Morgan fingerprint density at radius 3 is 2.94 bits per heavy atom. The van der Waals surface area contributed by atoms with Crippen LogP contribution >= 0.6 is 0 Å². The minimum atomic E-state index is -0.00935. The molecule has 2 heterocycles. The second-order valence-electron chi connectivity index (χ2n) is 3.19. The van der Waals surface area contributed by atoms with Crippen LogP contribution in [0.5, 0.6) is 5.88 Å². The van der Waals surface area contributed by atoms with Crippen molar-refractivity contribution < 1.29 is 9.52 Å². The normalized spacial score (nSPS) is 10.2. The highest BCUT2D eigenvalue weighted by atomic mass is 16.3. The highest BCUT2D eigenvalue weighted by molar-refractivity contribution is 5.74. The predicted octanol–water partition coefficient (Wildman–Crippen LogP) is 1.87. The minimum absolute atomic E-state index is 0.00935. The first-order valence-corrected chi connectivity index (χ1v) is 4.71. The summed E-state index contributed by atoms with van der Waals surface area (Å²) in [5.41, 5.74) is 0.466. The standard InChI is InChI=1S/C11H11N3O2/c1-2-14-10(7-12)13-9(11(14)15)6-8-4-3-5-16-8/h2-5,7,12,15H,1,6H2. The summed E-state index contributed by atoms with van der Waals surface area (Å²) in [6.07, 6.45) is 4.43. The molecule has 0 amide bonds. The maximum Gasteiger partial charge on any atom is 0.219 e. The number of rotatable bonds is 4. The summed E-state index contributed by atoms with van der Waals surface area (Å²) in [4.78, 5) is 4.11. The summed E-state index contributed by atoms with van der Waals surface area (Å²) in [6.45, 7) is 3.55. The molecule has 0 saturated carbocycles. The zero-order valence-corrected chi connectivity index (χ0v) is 8.55. The Kier molecular flexibility index (Phi) is 2.59. The van der Waals surface area contributed by atoms with Gasteiger partial charge >= 0.3 is 0 Å². The zero-order valence-electron chi connectivity index (χ0n) is 8.55. The molecule has 0 spiro atoms. The Bertz CT molecular complexity index is 512. The molecule has 0 radical (unpaired) electrons. The van der Waals surface area contributed by atoms with Gasteiger partial charge in [-0.2, -0.15) is 0 Å². The fourth-order valence-corrected chi connectivity index (χ4v) is 1.47. The monoisotopic (exact) mass is 217 g/mol. The van der Waals surface area contributed by atoms with Crippen LogP contribution in [0.4, 0.5) is 0 Å². The molecule has 0 aliphatic rings. The molecule has 16 heavy (non-hydrogen) atoms. The van der Waals surface area contributed by atoms with E-state index in [4.69, 9.17) is 9.83 Å². The minimum Gasteiger partial charge on any atom is -0.493 e. The van der Waals surface area contributed by atoms with Gasteiger partial charge < -0.3 is 14.9 Å². The summed E-state index contributed by atoms with van der Waals surface area (Å²) in [5, 5.41) is 17.0. The number of aromatic nitrogens is 2. The van der Waals surface area contributed by atoms with Gasteiger partial charge in [0.25, 0.3) is 0 Å². The van der Waals surface area contributed by atoms with E-state index in [0.717, 1.165) is 6.21 Å². The van der Waals surface area contributed by atoms with Crippen LogP contribution < -0.4 is 0 Å². The van der Waals surface area contributed by atoms with Crippen LogP contribution in [-0.2, 0) is 6.42 Å². The summed E-state index contributed by atoms with van der Waals surface area (Å²) in [5.74, 6) is 1.04. The lowest BCUT2D eigenvalue weighted by Gasteiger charge is -1.97. The molecule has 82 valence electrons. The predicted molar refractivity (Wildman–Crippen MR) is 59.7 cm³/mol. The van der Waals surface area contributed by atoms with E-state index in [-0.39, 0.29) is 5.88 Å². The van der Waals surface area contributed by atoms with Crippen molar-refractivity contribution in [1.82, 2.24) is 9.55 Å². The van der Waals surface area contributed by atoms with E-state index in [9.17, 15) is 5.11 Å². The van der Waals surface area contributed by atoms with Crippen molar-refractivity contribution in [3.05, 3.63) is 42.3 Å². The van der Waals surface area contributed by atoms with E-state index in [0.29, 0.717) is 23.7 Å². The largest absolute Gasteiger partial charge is 0.493 e. The number of nitrogens with one attached hydrogen (secondary N) is 1. The quantitative estimate of drug-likeness (QED) is 0.767. The smallest absolute Gasteiger partial charge is 0.219 e. The van der Waals surface area contributed by atoms with Gasteiger partial charge in [0.15, 0.2) is 5.82 Å². The molecule has 0 aromatic carbocycles. The van der Waals surface area contributed by atoms with Gasteiger partial charge in [0, 0.05) is 6.20 Å². The summed E-state index contributed by atoms with van der Waals surface area (Å²) >= 11 is 0. The lowest BCUT2D eigenvalue weighted by Crippen LogP contribution is -1.92. The maximum absolute atomic E-state index is 9.82. The molecular weight excluding hydrogens is 206 g/mol. The third-order valence-electron chi connectivity index (χ3n) is 2.22.